The smallest absolute Gasteiger partial charge is 0.343 e. The lowest BCUT2D eigenvalue weighted by Crippen LogP contribution is -2.12. The van der Waals surface area contributed by atoms with Gasteiger partial charge in [-0.3, -0.25) is 10.0 Å². The Morgan fingerprint density at radius 3 is 2.31 bits per heavy atom. The molecule has 0 fully saturated rings. The highest BCUT2D eigenvalue weighted by molar-refractivity contribution is 6.09. The van der Waals surface area contributed by atoms with Gasteiger partial charge in [0.25, 0.3) is 0 Å². The minimum Gasteiger partial charge on any atom is -0.733 e. The number of carbonyl (C=O) groups is 2. The van der Waals surface area contributed by atoms with Crippen LogP contribution in [0.3, 0.4) is 0 Å². The molecule has 0 heterocycles. The summed E-state index contributed by atoms with van der Waals surface area (Å²) in [5, 5.41) is 19.5. The van der Waals surface area contributed by atoms with Crippen molar-refractivity contribution in [2.75, 3.05) is 19.4 Å². The standard InChI is InChI=1S/C24H20NO7/c1-30-19-12-13-20(21(26)14-9-16-5-3-4-6-22(16)31-2)23(15-19)32-24(27)17-7-10-18(11-8-17)25(28)29/h3-15,28H,1-2H3/q-1. The van der Waals surface area contributed by atoms with E-state index in [4.69, 9.17) is 19.4 Å². The number of para-hydroxylation sites is 1. The van der Waals surface area contributed by atoms with E-state index in [0.717, 1.165) is 0 Å². The van der Waals surface area contributed by atoms with Crippen LogP contribution >= 0.6 is 0 Å². The van der Waals surface area contributed by atoms with Gasteiger partial charge in [-0.25, -0.2) is 4.79 Å². The molecule has 0 atom stereocenters. The van der Waals surface area contributed by atoms with Crippen molar-refractivity contribution in [2.24, 2.45) is 0 Å². The zero-order chi connectivity index (χ0) is 23.1. The summed E-state index contributed by atoms with van der Waals surface area (Å²) in [5.41, 5.74) is 0.955. The van der Waals surface area contributed by atoms with E-state index in [9.17, 15) is 14.8 Å². The van der Waals surface area contributed by atoms with E-state index in [1.165, 1.54) is 56.7 Å². The van der Waals surface area contributed by atoms with Crippen LogP contribution in [0.5, 0.6) is 17.2 Å². The first-order chi connectivity index (χ1) is 15.4. The summed E-state index contributed by atoms with van der Waals surface area (Å²) in [4.78, 5) is 25.4. The van der Waals surface area contributed by atoms with Gasteiger partial charge in [0.2, 0.25) is 0 Å². The van der Waals surface area contributed by atoms with Crippen LogP contribution in [-0.2, 0) is 0 Å². The second-order valence-corrected chi connectivity index (χ2v) is 6.51. The molecule has 164 valence electrons. The average molecular weight is 434 g/mol. The van der Waals surface area contributed by atoms with Crippen molar-refractivity contribution in [1.82, 2.24) is 0 Å². The number of methoxy groups -OCH3 is 2. The first-order valence-corrected chi connectivity index (χ1v) is 9.44. The van der Waals surface area contributed by atoms with E-state index in [1.807, 2.05) is 12.1 Å². The van der Waals surface area contributed by atoms with Gasteiger partial charge in [0, 0.05) is 11.6 Å². The Bertz CT molecular complexity index is 1140. The van der Waals surface area contributed by atoms with Crippen molar-refractivity contribution in [3.63, 3.8) is 0 Å². The average Bonchev–Trinajstić information content (AvgIpc) is 2.82. The molecular formula is C24H20NO7-. The van der Waals surface area contributed by atoms with Crippen LogP contribution in [0.15, 0.2) is 72.8 Å². The monoisotopic (exact) mass is 434 g/mol. The number of benzene rings is 3. The molecule has 32 heavy (non-hydrogen) atoms. The molecule has 0 amide bonds. The Kier molecular flexibility index (Phi) is 7.22. The highest BCUT2D eigenvalue weighted by Gasteiger charge is 2.17. The molecule has 0 radical (unpaired) electrons. The quantitative estimate of drug-likeness (QED) is 0.181. The Morgan fingerprint density at radius 1 is 0.938 bits per heavy atom. The molecule has 0 bridgehead atoms. The summed E-state index contributed by atoms with van der Waals surface area (Å²) < 4.78 is 15.9. The topological polar surface area (TPSA) is 108 Å². The second kappa shape index (κ2) is 10.3. The molecule has 0 aromatic heterocycles. The zero-order valence-corrected chi connectivity index (χ0v) is 17.3. The number of nitrogens with zero attached hydrogens (tertiary/aromatic N) is 1. The van der Waals surface area contributed by atoms with Crippen molar-refractivity contribution in [1.29, 1.82) is 0 Å². The van der Waals surface area contributed by atoms with Gasteiger partial charge >= 0.3 is 5.97 Å². The van der Waals surface area contributed by atoms with Gasteiger partial charge in [-0.15, -0.1) is 0 Å². The van der Waals surface area contributed by atoms with E-state index in [2.05, 4.69) is 0 Å². The largest absolute Gasteiger partial charge is 0.733 e. The van der Waals surface area contributed by atoms with Crippen molar-refractivity contribution in [3.05, 3.63) is 94.7 Å². The Balaban J connectivity index is 1.86. The van der Waals surface area contributed by atoms with Crippen molar-refractivity contribution < 1.29 is 29.0 Å². The minimum atomic E-state index is -0.747. The highest BCUT2D eigenvalue weighted by atomic mass is 16.8. The van der Waals surface area contributed by atoms with Gasteiger partial charge in [-0.2, -0.15) is 0 Å². The van der Waals surface area contributed by atoms with Crippen molar-refractivity contribution in [3.8, 4) is 17.2 Å². The molecule has 0 aliphatic carbocycles. The van der Waals surface area contributed by atoms with Crippen LogP contribution in [0.2, 0.25) is 0 Å². The maximum absolute atomic E-state index is 12.8. The van der Waals surface area contributed by atoms with Crippen LogP contribution in [0.1, 0.15) is 26.3 Å². The van der Waals surface area contributed by atoms with Gasteiger partial charge in [0.15, 0.2) is 5.78 Å². The molecule has 0 aliphatic heterocycles. The number of hydrogen-bond acceptors (Lipinski definition) is 8. The van der Waals surface area contributed by atoms with E-state index >= 15 is 0 Å². The number of anilines is 1. The summed E-state index contributed by atoms with van der Waals surface area (Å²) in [6.07, 6.45) is 2.97. The molecule has 0 spiro atoms. The minimum absolute atomic E-state index is 0.0145. The van der Waals surface area contributed by atoms with Crippen molar-refractivity contribution in [2.45, 2.75) is 0 Å². The van der Waals surface area contributed by atoms with E-state index < -0.39 is 5.97 Å². The highest BCUT2D eigenvalue weighted by Crippen LogP contribution is 2.27. The van der Waals surface area contributed by atoms with Gasteiger partial charge in [-0.1, -0.05) is 18.2 Å². The second-order valence-electron chi connectivity index (χ2n) is 6.51. The number of carbonyl (C=O) groups excluding carboxylic acids is 2. The molecule has 8 nitrogen and oxygen atoms in total. The predicted molar refractivity (Wildman–Crippen MR) is 118 cm³/mol. The summed E-state index contributed by atoms with van der Waals surface area (Å²) in [5.74, 6) is -0.112. The van der Waals surface area contributed by atoms with Crippen LogP contribution in [0.25, 0.3) is 6.08 Å². The Hall–Kier alpha value is -4.14. The van der Waals surface area contributed by atoms with Gasteiger partial charge in [0.05, 0.1) is 31.0 Å². The van der Waals surface area contributed by atoms with Crippen LogP contribution in [0.4, 0.5) is 5.69 Å². The number of rotatable bonds is 8. The van der Waals surface area contributed by atoms with Crippen LogP contribution < -0.4 is 19.4 Å². The molecule has 0 saturated heterocycles. The summed E-state index contributed by atoms with van der Waals surface area (Å²) >= 11 is 0. The number of allylic oxidation sites excluding steroid dienone is 1. The fourth-order valence-electron chi connectivity index (χ4n) is 2.86. The Morgan fingerprint density at radius 2 is 1.66 bits per heavy atom. The zero-order valence-electron chi connectivity index (χ0n) is 17.3. The molecule has 3 aromatic rings. The molecule has 0 unspecified atom stereocenters. The Labute approximate surface area is 184 Å². The number of ether oxygens (including phenoxy) is 3. The third kappa shape index (κ3) is 5.31. The molecule has 8 heteroatoms. The van der Waals surface area contributed by atoms with Gasteiger partial charge in [-0.05, 0) is 54.6 Å². The predicted octanol–water partition coefficient (Wildman–Crippen LogP) is 4.51. The summed E-state index contributed by atoms with van der Waals surface area (Å²) in [6.45, 7) is 0. The third-order valence-corrected chi connectivity index (χ3v) is 4.53. The molecule has 1 N–H and O–H groups in total. The summed E-state index contributed by atoms with van der Waals surface area (Å²) in [7, 11) is 2.99. The molecule has 3 aromatic carbocycles. The number of ketones is 1. The first-order valence-electron chi connectivity index (χ1n) is 9.44. The van der Waals surface area contributed by atoms with Crippen LogP contribution in [0, 0.1) is 5.21 Å². The summed E-state index contributed by atoms with van der Waals surface area (Å²) in [6, 6.07) is 16.9. The molecule has 3 rings (SSSR count). The fraction of sp³-hybridized carbons (Fsp3) is 0.0833. The normalized spacial score (nSPS) is 10.6. The van der Waals surface area contributed by atoms with Gasteiger partial charge < -0.3 is 24.6 Å². The third-order valence-electron chi connectivity index (χ3n) is 4.53. The maximum Gasteiger partial charge on any atom is 0.343 e. The van der Waals surface area contributed by atoms with E-state index in [-0.39, 0.29) is 33.6 Å². The molecule has 0 saturated carbocycles. The lowest BCUT2D eigenvalue weighted by molar-refractivity contribution is 0.0732. The number of hydrogen-bond donors (Lipinski definition) is 1. The molecular weight excluding hydrogens is 414 g/mol. The van der Waals surface area contributed by atoms with Gasteiger partial charge in [0.1, 0.15) is 17.2 Å². The number of esters is 1. The van der Waals surface area contributed by atoms with Crippen molar-refractivity contribution >= 4 is 23.5 Å². The SMILES string of the molecule is COc1ccc(C(=O)C=Cc2ccccc2OC)c(OC(=O)c2ccc(N([O-])O)cc2)c1. The first kappa shape index (κ1) is 22.5. The lowest BCUT2D eigenvalue weighted by atomic mass is 10.1. The lowest BCUT2D eigenvalue weighted by Gasteiger charge is -2.21. The molecule has 0 aliphatic rings. The van der Waals surface area contributed by atoms with E-state index in [0.29, 0.717) is 17.1 Å². The van der Waals surface area contributed by atoms with Crippen LogP contribution in [-0.4, -0.2) is 31.2 Å². The fourth-order valence-corrected chi connectivity index (χ4v) is 2.86. The maximum atomic E-state index is 12.8. The van der Waals surface area contributed by atoms with E-state index in [1.54, 1.807) is 24.3 Å².